The lowest BCUT2D eigenvalue weighted by Crippen LogP contribution is -2.53. The van der Waals surface area contributed by atoms with E-state index >= 15 is 0 Å². The summed E-state index contributed by atoms with van der Waals surface area (Å²) in [6.07, 6.45) is 9.02. The maximum atomic E-state index is 13.1. The van der Waals surface area contributed by atoms with Crippen molar-refractivity contribution in [2.75, 3.05) is 61.6 Å². The number of esters is 7. The van der Waals surface area contributed by atoms with Gasteiger partial charge in [-0.05, 0) is 221 Å². The van der Waals surface area contributed by atoms with E-state index in [0.29, 0.717) is 72.8 Å². The standard InChI is InChI=1S/C18H27NO5S.C16H25NO5S.C15H23NO6S.C13H19NO5S.C12H17NO6S.C12H17NO5S.C11H15NO6S/c1-11(2)18(20)24-10-23-17-12-8-14-15(9-12)25(21,22)19(16(14)17)13-6-4-3-5-7-13;1-9(2)15(18)22-8-21-14-10-6-11-12(7-10)23(19,20)17(13(11)14)16(3,4)5;1-8(2)14(17)21-7-20-12-9-6-10-13(22-9)11(12)16(15(3,4)5)23(10,18)19;1-7(2)13(15)19-6-18-12-8-4-9-10(5-8)20(16,17)14(3)11(9)12;1-6(2)12(14)18-5-17-10-7-4-8-11(19-7)9(10)13(3)20(8,15)16;1-6(2)12(14)18-5-17-11-7-3-8-9(4-7)19(15,16)13-10(8)11;1-5(2)11(13)17-4-16-9-6-3-7-10(18-6)8(9)12-19(7,14)15/h12-17H,1,3-10H2,2H3;10-14H,1,6-8H2,2-5H3;9-13H,1,6-7H2,2-5H3;8-12H,1,4-6H2,2-3H3;7-11H,1,4-5H2,2-3H3;7-11,13H,1,3-5H2,2H3;6-10,12H,1,3-4H2,2H3. The summed E-state index contributed by atoms with van der Waals surface area (Å²) in [4.78, 5) is 79.4. The molecule has 14 bridgehead atoms. The SMILES string of the molecule is C=C(C)C(=O)OCOC1C2CC3C(O2)C1N(C(C)(C)C)S3(=O)=O.C=C(C)C(=O)OCOC1C2CC3C(O2)C1N(C)S3(=O)=O.C=C(C)C(=O)OCOC1C2CC3C(O2)C1NS3(=O)=O.C=C(C)C(=O)OCOC1C2CC3C1N(C(C)(C)C)S(=O)(=O)C3C2.C=C(C)C(=O)OCOC1C2CC3C1N(C)S(=O)(=O)C3C2.C=C(C)C(=O)OCOC1C2CC3C1N(C1CCCCC1)S(=O)(=O)C3C2.C=C(C)C(=O)OCOC1C2CC3C1NS(=O)(=O)C3C2. The van der Waals surface area contributed by atoms with Crippen LogP contribution in [0.3, 0.4) is 0 Å². The van der Waals surface area contributed by atoms with Gasteiger partial charge in [0.1, 0.15) is 34.1 Å². The molecule has 149 heavy (non-hydrogen) atoms. The Bertz CT molecular complexity index is 5860. The van der Waals surface area contributed by atoms with Crippen LogP contribution in [0.1, 0.15) is 193 Å². The van der Waals surface area contributed by atoms with Gasteiger partial charge in [-0.25, -0.2) is 102 Å². The Labute approximate surface area is 872 Å². The molecule has 2 N–H and O–H groups in total. The molecule has 9 aliphatic carbocycles. The summed E-state index contributed by atoms with van der Waals surface area (Å²) in [7, 11) is -19.7. The predicted molar refractivity (Wildman–Crippen MR) is 528 cm³/mol. The summed E-state index contributed by atoms with van der Waals surface area (Å²) in [6.45, 7) is 45.5. The van der Waals surface area contributed by atoms with E-state index in [9.17, 15) is 92.5 Å². The summed E-state index contributed by atoms with van der Waals surface area (Å²) in [5, 5.41) is -2.40. The van der Waals surface area contributed by atoms with Gasteiger partial charge in [-0.15, -0.1) is 0 Å². The fourth-order valence-electron chi connectivity index (χ4n) is 27.5. The number of nitrogens with one attached hydrogen (secondary N) is 2. The molecule has 35 atom stereocenters. The third-order valence-corrected chi connectivity index (χ3v) is 49.5. The Hall–Kier alpha value is -6.56. The number of sulfonamides is 7. The highest BCUT2D eigenvalue weighted by Crippen LogP contribution is 2.62. The van der Waals surface area contributed by atoms with Gasteiger partial charge in [0.15, 0.2) is 47.6 Å². The Kier molecular flexibility index (Phi) is 33.2. The molecule has 0 aromatic rings. The maximum absolute atomic E-state index is 13.1. The molecule has 45 nitrogen and oxygen atoms in total. The summed E-state index contributed by atoms with van der Waals surface area (Å²) in [5.74, 6) is -1.93. The van der Waals surface area contributed by atoms with Gasteiger partial charge in [0.05, 0.1) is 124 Å². The Morgan fingerprint density at radius 1 is 0.295 bits per heavy atom. The Morgan fingerprint density at radius 2 is 0.584 bits per heavy atom. The summed E-state index contributed by atoms with van der Waals surface area (Å²) < 4.78 is 278. The fraction of sp³-hybridized carbons (Fsp3) is 0.784. The van der Waals surface area contributed by atoms with E-state index in [1.807, 2.05) is 45.8 Å². The van der Waals surface area contributed by atoms with Gasteiger partial charge in [0.25, 0.3) is 0 Å². The highest BCUT2D eigenvalue weighted by atomic mass is 32.2. The van der Waals surface area contributed by atoms with Crippen LogP contribution in [0.4, 0.5) is 0 Å². The molecule has 0 spiro atoms. The number of rotatable bonds is 29. The minimum Gasteiger partial charge on any atom is -0.435 e. The number of likely N-dealkylation sites (N-methyl/N-ethyl adjacent to an activating group) is 2. The Balaban J connectivity index is 0.000000124. The smallest absolute Gasteiger partial charge is 0.335 e. The predicted octanol–water partition coefficient (Wildman–Crippen LogP) is 4.25. The summed E-state index contributed by atoms with van der Waals surface area (Å²) in [5.41, 5.74) is 1.12. The summed E-state index contributed by atoms with van der Waals surface area (Å²) >= 11 is 0. The van der Waals surface area contributed by atoms with Crippen molar-refractivity contribution in [1.29, 1.82) is 0 Å². The molecular formula is C97H143N7O38S7. The number of ether oxygens (including phenoxy) is 17. The third-order valence-electron chi connectivity index (χ3n) is 33.5. The molecule has 35 unspecified atom stereocenters. The third kappa shape index (κ3) is 21.5. The van der Waals surface area contributed by atoms with Gasteiger partial charge in [0, 0.05) is 70.2 Å². The number of hydrogen-bond acceptors (Lipinski definition) is 38. The molecule has 52 heteroatoms. The van der Waals surface area contributed by atoms with Crippen molar-refractivity contribution >= 4 is 112 Å². The van der Waals surface area contributed by atoms with E-state index in [1.165, 1.54) is 19.3 Å². The van der Waals surface area contributed by atoms with Gasteiger partial charge in [-0.2, -0.15) is 21.5 Å². The first-order valence-corrected chi connectivity index (χ1v) is 61.2. The lowest BCUT2D eigenvalue weighted by molar-refractivity contribution is -0.162. The van der Waals surface area contributed by atoms with Crippen molar-refractivity contribution in [3.05, 3.63) is 85.1 Å². The highest BCUT2D eigenvalue weighted by molar-refractivity contribution is 7.92. The molecule has 0 aromatic heterocycles. The fourth-order valence-corrected chi connectivity index (χ4v) is 44.0. The topological polar surface area (TPSA) is 556 Å². The summed E-state index contributed by atoms with van der Waals surface area (Å²) in [6, 6.07) is -1.42. The second kappa shape index (κ2) is 43.1. The highest BCUT2D eigenvalue weighted by Gasteiger charge is 2.75. The normalized spacial score (nSPS) is 40.0. The van der Waals surface area contributed by atoms with Crippen LogP contribution in [0.25, 0.3) is 0 Å². The van der Waals surface area contributed by atoms with E-state index in [4.69, 9.17) is 80.5 Å². The van der Waals surface area contributed by atoms with Gasteiger partial charge >= 0.3 is 41.8 Å². The van der Waals surface area contributed by atoms with Crippen LogP contribution in [-0.2, 0) is 184 Å². The first kappa shape index (κ1) is 115. The van der Waals surface area contributed by atoms with Crippen molar-refractivity contribution in [3.8, 4) is 0 Å². The molecule has 836 valence electrons. The number of nitrogens with zero attached hydrogens (tertiary/aromatic N) is 5. The van der Waals surface area contributed by atoms with Crippen LogP contribution in [-0.4, -0.2) is 359 Å². The average molecular weight is 2240 g/mol. The zero-order chi connectivity index (χ0) is 109. The minimum absolute atomic E-state index is 0.0691. The largest absolute Gasteiger partial charge is 0.435 e. The molecule has 0 aromatic carbocycles. The average Bonchev–Trinajstić information content (AvgIpc) is 1.52. The first-order valence-electron chi connectivity index (χ1n) is 50.6. The van der Waals surface area contributed by atoms with Crippen LogP contribution >= 0.6 is 0 Å². The van der Waals surface area contributed by atoms with E-state index in [1.54, 1.807) is 66.9 Å². The molecule has 13 saturated heterocycles. The molecule has 22 rings (SSSR count). The second-order valence-corrected chi connectivity index (χ2v) is 59.7. The van der Waals surface area contributed by atoms with E-state index < -0.39 is 157 Å². The van der Waals surface area contributed by atoms with Crippen molar-refractivity contribution < 1.29 is 173 Å². The van der Waals surface area contributed by atoms with Crippen LogP contribution < -0.4 is 9.44 Å². The number of carbonyl (C=O) groups is 7. The molecule has 13 aliphatic heterocycles. The molecule has 22 fully saturated rings. The second-order valence-electron chi connectivity index (χ2n) is 45.3. The lowest BCUT2D eigenvalue weighted by Gasteiger charge is -2.37. The number of fused-ring (bicyclic) bond motifs is 7. The Morgan fingerprint density at radius 3 is 1.02 bits per heavy atom. The van der Waals surface area contributed by atoms with Crippen molar-refractivity contribution in [2.45, 2.75) is 368 Å². The van der Waals surface area contributed by atoms with E-state index in [-0.39, 0.29) is 236 Å². The van der Waals surface area contributed by atoms with Crippen molar-refractivity contribution in [2.24, 2.45) is 47.3 Å². The molecule has 22 aliphatic rings. The first-order chi connectivity index (χ1) is 69.5. The van der Waals surface area contributed by atoms with E-state index in [0.717, 1.165) is 51.4 Å². The van der Waals surface area contributed by atoms with Crippen LogP contribution in [0.15, 0.2) is 85.1 Å². The van der Waals surface area contributed by atoms with Gasteiger partial charge in [0.2, 0.25) is 70.2 Å². The molecule has 9 saturated carbocycles. The minimum atomic E-state index is -3.41. The molecule has 0 amide bonds. The van der Waals surface area contributed by atoms with E-state index in [2.05, 4.69) is 55.5 Å². The lowest BCUT2D eigenvalue weighted by atomic mass is 9.89. The van der Waals surface area contributed by atoms with Gasteiger partial charge in [-0.3, -0.25) is 0 Å². The van der Waals surface area contributed by atoms with Crippen molar-refractivity contribution in [3.63, 3.8) is 0 Å². The van der Waals surface area contributed by atoms with Crippen LogP contribution in [0, 0.1) is 47.3 Å². The monoisotopic (exact) mass is 2240 g/mol. The van der Waals surface area contributed by atoms with Crippen molar-refractivity contribution in [1.82, 2.24) is 31.0 Å². The van der Waals surface area contributed by atoms with Crippen LogP contribution in [0.2, 0.25) is 0 Å². The molecule has 13 heterocycles. The zero-order valence-corrected chi connectivity index (χ0v) is 92.3. The molecular weight excluding hydrogens is 2100 g/mol. The van der Waals surface area contributed by atoms with Crippen LogP contribution in [0.5, 0.6) is 0 Å². The number of hydrogen-bond donors (Lipinski definition) is 2. The number of carbonyl (C=O) groups excluding carboxylic acids is 7. The zero-order valence-electron chi connectivity index (χ0n) is 86.6. The van der Waals surface area contributed by atoms with Gasteiger partial charge in [-0.1, -0.05) is 65.3 Å². The quantitative estimate of drug-likeness (QED) is 0.0457. The maximum Gasteiger partial charge on any atom is 0.335 e. The van der Waals surface area contributed by atoms with Gasteiger partial charge < -0.3 is 80.5 Å². The molecule has 0 radical (unpaired) electrons.